The molecule has 4 nitrogen and oxygen atoms in total. The van der Waals surface area contributed by atoms with E-state index in [1.807, 2.05) is 41.8 Å². The highest BCUT2D eigenvalue weighted by Gasteiger charge is 2.18. The van der Waals surface area contributed by atoms with Crippen LogP contribution in [0.25, 0.3) is 0 Å². The zero-order valence-electron chi connectivity index (χ0n) is 15.9. The molecular weight excluding hydrogens is 377 g/mol. The first-order valence-electron chi connectivity index (χ1n) is 8.85. The van der Waals surface area contributed by atoms with Gasteiger partial charge in [-0.25, -0.2) is 4.39 Å². The Labute approximate surface area is 168 Å². The summed E-state index contributed by atoms with van der Waals surface area (Å²) in [5.41, 5.74) is 1.54. The van der Waals surface area contributed by atoms with E-state index in [1.165, 1.54) is 13.2 Å². The summed E-state index contributed by atoms with van der Waals surface area (Å²) in [4.78, 5) is 15.9. The molecule has 0 saturated carbocycles. The summed E-state index contributed by atoms with van der Waals surface area (Å²) in [5.74, 6) is 0.355. The van der Waals surface area contributed by atoms with Crippen molar-refractivity contribution < 1.29 is 18.7 Å². The smallest absolute Gasteiger partial charge is 0.227 e. The number of halogens is 1. The molecule has 0 aliphatic carbocycles. The van der Waals surface area contributed by atoms with Gasteiger partial charge in [0.05, 0.1) is 27.2 Å². The lowest BCUT2D eigenvalue weighted by Gasteiger charge is -2.23. The molecule has 0 aliphatic rings. The Morgan fingerprint density at radius 1 is 1.00 bits per heavy atom. The number of carbonyl (C=O) groups is 1. The summed E-state index contributed by atoms with van der Waals surface area (Å²) in [6.07, 6.45) is 0.113. The summed E-state index contributed by atoms with van der Waals surface area (Å²) in [6.45, 7) is 0.909. The van der Waals surface area contributed by atoms with Gasteiger partial charge in [0.15, 0.2) is 11.6 Å². The van der Waals surface area contributed by atoms with Crippen LogP contribution in [0.1, 0.15) is 16.0 Å². The lowest BCUT2D eigenvalue weighted by Crippen LogP contribution is -2.31. The number of benzene rings is 2. The van der Waals surface area contributed by atoms with Crippen molar-refractivity contribution in [1.82, 2.24) is 4.90 Å². The number of methoxy groups -OCH3 is 2. The van der Waals surface area contributed by atoms with E-state index in [0.717, 1.165) is 16.2 Å². The van der Waals surface area contributed by atoms with Gasteiger partial charge in [-0.05, 0) is 35.2 Å². The first-order chi connectivity index (χ1) is 13.6. The molecule has 0 radical (unpaired) electrons. The first-order valence-corrected chi connectivity index (χ1v) is 9.73. The minimum atomic E-state index is -0.470. The summed E-state index contributed by atoms with van der Waals surface area (Å²) < 4.78 is 24.4. The standard InChI is InChI=1S/C22H22FNO3S/c1-26-20-8-4-3-6-17(20)14-24(15-18-7-5-11-28-18)22(25)13-16-9-10-21(27-2)19(23)12-16/h3-12H,13-15H2,1-2H3. The summed E-state index contributed by atoms with van der Waals surface area (Å²) in [7, 11) is 3.03. The Bertz CT molecular complexity index is 927. The Hall–Kier alpha value is -2.86. The molecule has 3 aromatic rings. The maximum Gasteiger partial charge on any atom is 0.227 e. The average Bonchev–Trinajstić information content (AvgIpc) is 3.21. The van der Waals surface area contributed by atoms with Crippen LogP contribution >= 0.6 is 11.3 Å². The van der Waals surface area contributed by atoms with Crippen molar-refractivity contribution in [3.8, 4) is 11.5 Å². The van der Waals surface area contributed by atoms with Gasteiger partial charge in [0.2, 0.25) is 5.91 Å². The third-order valence-corrected chi connectivity index (χ3v) is 5.27. The molecule has 0 bridgehead atoms. The van der Waals surface area contributed by atoms with Crippen LogP contribution in [-0.2, 0) is 24.3 Å². The predicted octanol–water partition coefficient (Wildman–Crippen LogP) is 4.68. The molecule has 0 unspecified atom stereocenters. The van der Waals surface area contributed by atoms with Gasteiger partial charge in [-0.1, -0.05) is 30.3 Å². The van der Waals surface area contributed by atoms with Gasteiger partial charge >= 0.3 is 0 Å². The van der Waals surface area contributed by atoms with E-state index in [1.54, 1.807) is 35.5 Å². The van der Waals surface area contributed by atoms with E-state index in [9.17, 15) is 9.18 Å². The van der Waals surface area contributed by atoms with E-state index >= 15 is 0 Å². The van der Waals surface area contributed by atoms with Gasteiger partial charge in [-0.15, -0.1) is 11.3 Å². The lowest BCUT2D eigenvalue weighted by molar-refractivity contribution is -0.131. The van der Waals surface area contributed by atoms with Crippen molar-refractivity contribution in [3.05, 3.63) is 81.8 Å². The number of thiophene rings is 1. The largest absolute Gasteiger partial charge is 0.496 e. The molecule has 0 saturated heterocycles. The second-order valence-corrected chi connectivity index (χ2v) is 7.32. The van der Waals surface area contributed by atoms with Crippen molar-refractivity contribution in [2.45, 2.75) is 19.5 Å². The van der Waals surface area contributed by atoms with E-state index in [-0.39, 0.29) is 18.1 Å². The average molecular weight is 399 g/mol. The molecule has 3 rings (SSSR count). The third-order valence-electron chi connectivity index (χ3n) is 4.40. The maximum atomic E-state index is 14.0. The SMILES string of the molecule is COc1ccc(CC(=O)N(Cc2cccs2)Cc2ccccc2OC)cc1F. The van der Waals surface area contributed by atoms with Gasteiger partial charge < -0.3 is 14.4 Å². The van der Waals surface area contributed by atoms with E-state index < -0.39 is 5.82 Å². The van der Waals surface area contributed by atoms with Crippen molar-refractivity contribution >= 4 is 17.2 Å². The van der Waals surface area contributed by atoms with Crippen LogP contribution in [-0.4, -0.2) is 25.0 Å². The second-order valence-electron chi connectivity index (χ2n) is 6.29. The Kier molecular flexibility index (Phi) is 6.66. The van der Waals surface area contributed by atoms with Gasteiger partial charge in [0, 0.05) is 17.0 Å². The van der Waals surface area contributed by atoms with Crippen molar-refractivity contribution in [2.75, 3.05) is 14.2 Å². The minimum Gasteiger partial charge on any atom is -0.496 e. The number of hydrogen-bond donors (Lipinski definition) is 0. The number of amides is 1. The van der Waals surface area contributed by atoms with Gasteiger partial charge in [-0.2, -0.15) is 0 Å². The zero-order chi connectivity index (χ0) is 19.9. The Morgan fingerprint density at radius 2 is 1.79 bits per heavy atom. The number of para-hydroxylation sites is 1. The molecule has 0 aliphatic heterocycles. The minimum absolute atomic E-state index is 0.0797. The fourth-order valence-electron chi connectivity index (χ4n) is 2.97. The van der Waals surface area contributed by atoms with E-state index in [2.05, 4.69) is 0 Å². The van der Waals surface area contributed by atoms with Gasteiger partial charge in [0.1, 0.15) is 5.75 Å². The van der Waals surface area contributed by atoms with Crippen LogP contribution < -0.4 is 9.47 Å². The highest BCUT2D eigenvalue weighted by Crippen LogP contribution is 2.23. The molecule has 1 amide bonds. The topological polar surface area (TPSA) is 38.8 Å². The summed E-state index contributed by atoms with van der Waals surface area (Å²) >= 11 is 1.60. The molecule has 6 heteroatoms. The number of hydrogen-bond acceptors (Lipinski definition) is 4. The normalized spacial score (nSPS) is 10.5. The third kappa shape index (κ3) is 4.89. The highest BCUT2D eigenvalue weighted by atomic mass is 32.1. The molecular formula is C22H22FNO3S. The van der Waals surface area contributed by atoms with Gasteiger partial charge in [-0.3, -0.25) is 4.79 Å². The number of nitrogens with zero attached hydrogens (tertiary/aromatic N) is 1. The van der Waals surface area contributed by atoms with Crippen LogP contribution in [0.15, 0.2) is 60.0 Å². The second kappa shape index (κ2) is 9.37. The van der Waals surface area contributed by atoms with Crippen molar-refractivity contribution in [3.63, 3.8) is 0 Å². The molecule has 0 N–H and O–H groups in total. The van der Waals surface area contributed by atoms with Crippen LogP contribution in [0.5, 0.6) is 11.5 Å². The number of carbonyl (C=O) groups excluding carboxylic acids is 1. The number of rotatable bonds is 8. The molecule has 0 spiro atoms. The highest BCUT2D eigenvalue weighted by molar-refractivity contribution is 7.09. The molecule has 146 valence electrons. The molecule has 1 aromatic heterocycles. The molecule has 2 aromatic carbocycles. The lowest BCUT2D eigenvalue weighted by atomic mass is 10.1. The monoisotopic (exact) mass is 399 g/mol. The Morgan fingerprint density at radius 3 is 2.46 bits per heavy atom. The molecule has 1 heterocycles. The summed E-state index contributed by atoms with van der Waals surface area (Å²) in [5, 5.41) is 1.99. The van der Waals surface area contributed by atoms with Crippen molar-refractivity contribution in [1.29, 1.82) is 0 Å². The molecule has 0 fully saturated rings. The maximum absolute atomic E-state index is 14.0. The molecule has 0 atom stereocenters. The fraction of sp³-hybridized carbons (Fsp3) is 0.227. The molecule has 28 heavy (non-hydrogen) atoms. The Balaban J connectivity index is 1.81. The van der Waals surface area contributed by atoms with Crippen molar-refractivity contribution in [2.24, 2.45) is 0 Å². The van der Waals surface area contributed by atoms with Crippen LogP contribution in [0.3, 0.4) is 0 Å². The van der Waals surface area contributed by atoms with Crippen LogP contribution in [0.2, 0.25) is 0 Å². The number of ether oxygens (including phenoxy) is 2. The predicted molar refractivity (Wildman–Crippen MR) is 108 cm³/mol. The van der Waals surface area contributed by atoms with E-state index in [4.69, 9.17) is 9.47 Å². The van der Waals surface area contributed by atoms with Crippen LogP contribution in [0, 0.1) is 5.82 Å². The van der Waals surface area contributed by atoms with Crippen LogP contribution in [0.4, 0.5) is 4.39 Å². The quantitative estimate of drug-likeness (QED) is 0.552. The summed E-state index contributed by atoms with van der Waals surface area (Å²) in [6, 6.07) is 16.2. The fourth-order valence-corrected chi connectivity index (χ4v) is 3.69. The van der Waals surface area contributed by atoms with Gasteiger partial charge in [0.25, 0.3) is 0 Å². The zero-order valence-corrected chi connectivity index (χ0v) is 16.7. The first kappa shape index (κ1) is 19.9. The van der Waals surface area contributed by atoms with E-state index in [0.29, 0.717) is 18.7 Å².